The number of carbonyl (C=O) groups excluding carboxylic acids is 1. The Kier molecular flexibility index (Phi) is 3.43. The van der Waals surface area contributed by atoms with Crippen LogP contribution in [0.1, 0.15) is 17.9 Å². The summed E-state index contributed by atoms with van der Waals surface area (Å²) in [4.78, 5) is 12.0. The number of benzene rings is 1. The van der Waals surface area contributed by atoms with Crippen LogP contribution in [0.4, 0.5) is 5.69 Å². The van der Waals surface area contributed by atoms with Crippen LogP contribution in [0.3, 0.4) is 0 Å². The molecule has 0 bridgehead atoms. The summed E-state index contributed by atoms with van der Waals surface area (Å²) >= 11 is 0. The summed E-state index contributed by atoms with van der Waals surface area (Å²) in [5.74, 6) is 0.536. The summed E-state index contributed by atoms with van der Waals surface area (Å²) in [5.41, 5.74) is 2.37. The standard InChI is InChI=1S/C15H16N4O2/c1-10-15(11(2)21-18-10)17-14(20)7-8-19-13-6-4-3-5-12(13)9-16-19/h3-6,9H,7-8H2,1-2H3,(H,17,20). The molecule has 21 heavy (non-hydrogen) atoms. The Labute approximate surface area is 121 Å². The predicted octanol–water partition coefficient (Wildman–Crippen LogP) is 2.67. The maximum Gasteiger partial charge on any atom is 0.226 e. The fourth-order valence-corrected chi connectivity index (χ4v) is 2.27. The van der Waals surface area contributed by atoms with Gasteiger partial charge in [0.05, 0.1) is 18.3 Å². The first-order chi connectivity index (χ1) is 10.1. The van der Waals surface area contributed by atoms with Gasteiger partial charge in [-0.15, -0.1) is 0 Å². The lowest BCUT2D eigenvalue weighted by molar-refractivity contribution is -0.116. The smallest absolute Gasteiger partial charge is 0.226 e. The van der Waals surface area contributed by atoms with Gasteiger partial charge in [0.15, 0.2) is 5.76 Å². The quantitative estimate of drug-likeness (QED) is 0.799. The molecule has 0 aliphatic heterocycles. The number of fused-ring (bicyclic) bond motifs is 1. The second-order valence-electron chi connectivity index (χ2n) is 4.92. The molecule has 0 saturated carbocycles. The zero-order valence-electron chi connectivity index (χ0n) is 12.0. The Hall–Kier alpha value is -2.63. The average Bonchev–Trinajstić information content (AvgIpc) is 3.03. The highest BCUT2D eigenvalue weighted by atomic mass is 16.5. The zero-order chi connectivity index (χ0) is 14.8. The summed E-state index contributed by atoms with van der Waals surface area (Å²) in [5, 5.41) is 12.0. The molecule has 0 aliphatic carbocycles. The van der Waals surface area contributed by atoms with Gasteiger partial charge in [0.25, 0.3) is 0 Å². The summed E-state index contributed by atoms with van der Waals surface area (Å²) in [6, 6.07) is 7.93. The first-order valence-electron chi connectivity index (χ1n) is 6.78. The van der Waals surface area contributed by atoms with Crippen LogP contribution in [-0.2, 0) is 11.3 Å². The van der Waals surface area contributed by atoms with Gasteiger partial charge < -0.3 is 9.84 Å². The number of carbonyl (C=O) groups is 1. The second kappa shape index (κ2) is 5.40. The van der Waals surface area contributed by atoms with Gasteiger partial charge in [-0.1, -0.05) is 23.4 Å². The van der Waals surface area contributed by atoms with Crippen LogP contribution in [0.15, 0.2) is 35.0 Å². The number of amides is 1. The molecule has 0 atom stereocenters. The van der Waals surface area contributed by atoms with Gasteiger partial charge in [-0.25, -0.2) is 0 Å². The molecule has 0 unspecified atom stereocenters. The van der Waals surface area contributed by atoms with E-state index in [1.165, 1.54) is 0 Å². The zero-order valence-corrected chi connectivity index (χ0v) is 12.0. The van der Waals surface area contributed by atoms with E-state index < -0.39 is 0 Å². The van der Waals surface area contributed by atoms with Crippen molar-refractivity contribution < 1.29 is 9.32 Å². The highest BCUT2D eigenvalue weighted by Crippen LogP contribution is 2.19. The van der Waals surface area contributed by atoms with E-state index >= 15 is 0 Å². The van der Waals surface area contributed by atoms with E-state index in [1.807, 2.05) is 35.1 Å². The van der Waals surface area contributed by atoms with Crippen molar-refractivity contribution in [1.82, 2.24) is 14.9 Å². The van der Waals surface area contributed by atoms with Crippen molar-refractivity contribution in [3.63, 3.8) is 0 Å². The molecule has 6 nitrogen and oxygen atoms in total. The normalized spacial score (nSPS) is 11.0. The Balaban J connectivity index is 1.66. The number of rotatable bonds is 4. The monoisotopic (exact) mass is 284 g/mol. The maximum absolute atomic E-state index is 12.0. The Morgan fingerprint density at radius 1 is 1.33 bits per heavy atom. The van der Waals surface area contributed by atoms with Gasteiger partial charge >= 0.3 is 0 Å². The molecule has 0 spiro atoms. The van der Waals surface area contributed by atoms with Crippen molar-refractivity contribution in [2.24, 2.45) is 0 Å². The van der Waals surface area contributed by atoms with Crippen molar-refractivity contribution in [2.45, 2.75) is 26.8 Å². The van der Waals surface area contributed by atoms with Crippen LogP contribution in [-0.4, -0.2) is 20.8 Å². The number of nitrogens with zero attached hydrogens (tertiary/aromatic N) is 3. The van der Waals surface area contributed by atoms with Gasteiger partial charge in [-0.05, 0) is 19.9 Å². The van der Waals surface area contributed by atoms with E-state index in [0.29, 0.717) is 30.1 Å². The number of hydrogen-bond donors (Lipinski definition) is 1. The van der Waals surface area contributed by atoms with Crippen LogP contribution < -0.4 is 5.32 Å². The number of nitrogens with one attached hydrogen (secondary N) is 1. The molecule has 1 aromatic carbocycles. The van der Waals surface area contributed by atoms with E-state index in [0.717, 1.165) is 10.9 Å². The Bertz CT molecular complexity index is 768. The van der Waals surface area contributed by atoms with Crippen molar-refractivity contribution in [3.8, 4) is 0 Å². The number of anilines is 1. The third-order valence-corrected chi connectivity index (χ3v) is 3.40. The molecule has 0 saturated heterocycles. The first kappa shape index (κ1) is 13.4. The maximum atomic E-state index is 12.0. The largest absolute Gasteiger partial charge is 0.359 e. The van der Waals surface area contributed by atoms with Crippen LogP contribution >= 0.6 is 0 Å². The summed E-state index contributed by atoms with van der Waals surface area (Å²) in [6.45, 7) is 4.10. The highest BCUT2D eigenvalue weighted by molar-refractivity contribution is 5.91. The minimum absolute atomic E-state index is 0.0796. The van der Waals surface area contributed by atoms with Gasteiger partial charge in [-0.2, -0.15) is 5.10 Å². The van der Waals surface area contributed by atoms with Gasteiger partial charge in [-0.3, -0.25) is 9.48 Å². The van der Waals surface area contributed by atoms with Crippen LogP contribution in [0.2, 0.25) is 0 Å². The van der Waals surface area contributed by atoms with E-state index in [4.69, 9.17) is 4.52 Å². The van der Waals surface area contributed by atoms with E-state index in [-0.39, 0.29) is 5.91 Å². The molecular formula is C15H16N4O2. The van der Waals surface area contributed by atoms with Crippen molar-refractivity contribution in [2.75, 3.05) is 5.32 Å². The molecule has 6 heteroatoms. The second-order valence-corrected chi connectivity index (χ2v) is 4.92. The average molecular weight is 284 g/mol. The molecular weight excluding hydrogens is 268 g/mol. The lowest BCUT2D eigenvalue weighted by atomic mass is 10.2. The van der Waals surface area contributed by atoms with E-state index in [1.54, 1.807) is 13.8 Å². The molecule has 2 heterocycles. The highest BCUT2D eigenvalue weighted by Gasteiger charge is 2.12. The van der Waals surface area contributed by atoms with Crippen LogP contribution in [0.5, 0.6) is 0 Å². The van der Waals surface area contributed by atoms with Crippen LogP contribution in [0.25, 0.3) is 10.9 Å². The summed E-state index contributed by atoms with van der Waals surface area (Å²) < 4.78 is 6.86. The molecule has 0 aliphatic rings. The van der Waals surface area contributed by atoms with E-state index in [2.05, 4.69) is 15.6 Å². The fraction of sp³-hybridized carbons (Fsp3) is 0.267. The third-order valence-electron chi connectivity index (χ3n) is 3.40. The lowest BCUT2D eigenvalue weighted by Crippen LogP contribution is -2.15. The van der Waals surface area contributed by atoms with Gasteiger partial charge in [0.1, 0.15) is 11.4 Å². The number of aryl methyl sites for hydroxylation is 3. The molecule has 1 N–H and O–H groups in total. The molecule has 0 radical (unpaired) electrons. The summed E-state index contributed by atoms with van der Waals surface area (Å²) in [6.07, 6.45) is 2.15. The summed E-state index contributed by atoms with van der Waals surface area (Å²) in [7, 11) is 0. The number of aromatic nitrogens is 3. The van der Waals surface area contributed by atoms with Gasteiger partial charge in [0.2, 0.25) is 5.91 Å². The Morgan fingerprint density at radius 2 is 2.14 bits per heavy atom. The minimum atomic E-state index is -0.0796. The first-order valence-corrected chi connectivity index (χ1v) is 6.78. The van der Waals surface area contributed by atoms with Crippen molar-refractivity contribution in [1.29, 1.82) is 0 Å². The van der Waals surface area contributed by atoms with Gasteiger partial charge in [0, 0.05) is 11.8 Å². The Morgan fingerprint density at radius 3 is 2.90 bits per heavy atom. The minimum Gasteiger partial charge on any atom is -0.359 e. The molecule has 3 rings (SSSR count). The third kappa shape index (κ3) is 2.65. The van der Waals surface area contributed by atoms with Crippen LogP contribution in [0, 0.1) is 13.8 Å². The molecule has 3 aromatic rings. The molecule has 1 amide bonds. The number of para-hydroxylation sites is 1. The predicted molar refractivity (Wildman–Crippen MR) is 79.0 cm³/mol. The number of hydrogen-bond acceptors (Lipinski definition) is 4. The topological polar surface area (TPSA) is 73.0 Å². The van der Waals surface area contributed by atoms with Crippen molar-refractivity contribution in [3.05, 3.63) is 41.9 Å². The SMILES string of the molecule is Cc1noc(C)c1NC(=O)CCn1ncc2ccccc21. The molecule has 0 fully saturated rings. The fourth-order valence-electron chi connectivity index (χ4n) is 2.27. The van der Waals surface area contributed by atoms with Crippen molar-refractivity contribution >= 4 is 22.5 Å². The lowest BCUT2D eigenvalue weighted by Gasteiger charge is -2.05. The molecule has 108 valence electrons. The molecule has 2 aromatic heterocycles. The van der Waals surface area contributed by atoms with E-state index in [9.17, 15) is 4.79 Å².